The van der Waals surface area contributed by atoms with Gasteiger partial charge in [-0.15, -0.1) is 0 Å². The highest BCUT2D eigenvalue weighted by Crippen LogP contribution is 2.27. The Hall–Kier alpha value is -1.07. The van der Waals surface area contributed by atoms with Crippen LogP contribution in [0.15, 0.2) is 22.7 Å². The van der Waals surface area contributed by atoms with Crippen molar-refractivity contribution in [1.82, 2.24) is 5.32 Å². The van der Waals surface area contributed by atoms with Gasteiger partial charge in [-0.05, 0) is 37.1 Å². The lowest BCUT2D eigenvalue weighted by Crippen LogP contribution is -2.39. The first-order valence-corrected chi connectivity index (χ1v) is 6.40. The van der Waals surface area contributed by atoms with Crippen LogP contribution in [0, 0.1) is 5.92 Å². The minimum Gasteiger partial charge on any atom is -0.506 e. The zero-order chi connectivity index (χ0) is 12.4. The van der Waals surface area contributed by atoms with E-state index in [-0.39, 0.29) is 17.7 Å². The summed E-state index contributed by atoms with van der Waals surface area (Å²) in [6.45, 7) is 2.91. The maximum absolute atomic E-state index is 12.0. The highest BCUT2D eigenvalue weighted by Gasteiger charge is 2.29. The third kappa shape index (κ3) is 2.79. The van der Waals surface area contributed by atoms with Crippen LogP contribution in [0.4, 0.5) is 5.69 Å². The molecular formula is C12H15BrN2O2. The van der Waals surface area contributed by atoms with Crippen LogP contribution in [0.1, 0.15) is 13.3 Å². The summed E-state index contributed by atoms with van der Waals surface area (Å²) in [5.74, 6) is 0.305. The molecule has 1 fully saturated rings. The first kappa shape index (κ1) is 12.4. The van der Waals surface area contributed by atoms with Gasteiger partial charge in [-0.1, -0.05) is 22.9 Å². The Labute approximate surface area is 109 Å². The average molecular weight is 299 g/mol. The van der Waals surface area contributed by atoms with Crippen molar-refractivity contribution in [3.8, 4) is 5.75 Å². The molecule has 1 saturated heterocycles. The minimum absolute atomic E-state index is 0.0761. The predicted octanol–water partition coefficient (Wildman–Crippen LogP) is 2.09. The maximum atomic E-state index is 12.0. The molecule has 0 radical (unpaired) electrons. The van der Waals surface area contributed by atoms with E-state index in [9.17, 15) is 9.90 Å². The highest BCUT2D eigenvalue weighted by molar-refractivity contribution is 9.10. The summed E-state index contributed by atoms with van der Waals surface area (Å²) in [6, 6.07) is 4.79. The second-order valence-electron chi connectivity index (χ2n) is 4.35. The lowest BCUT2D eigenvalue weighted by Gasteiger charge is -2.16. The van der Waals surface area contributed by atoms with Gasteiger partial charge in [0.05, 0.1) is 11.7 Å². The molecule has 1 aromatic rings. The number of benzene rings is 1. The molecule has 92 valence electrons. The Morgan fingerprint density at radius 2 is 2.35 bits per heavy atom. The Kier molecular flexibility index (Phi) is 3.69. The molecule has 17 heavy (non-hydrogen) atoms. The first-order chi connectivity index (χ1) is 8.08. The summed E-state index contributed by atoms with van der Waals surface area (Å²) >= 11 is 3.30. The second kappa shape index (κ2) is 5.06. The molecule has 2 rings (SSSR count). The van der Waals surface area contributed by atoms with Crippen molar-refractivity contribution in [2.45, 2.75) is 19.4 Å². The van der Waals surface area contributed by atoms with Crippen LogP contribution in [-0.4, -0.2) is 23.6 Å². The number of carbonyl (C=O) groups is 1. The Morgan fingerprint density at radius 3 is 3.00 bits per heavy atom. The number of rotatable bonds is 2. The van der Waals surface area contributed by atoms with Gasteiger partial charge in [-0.3, -0.25) is 4.79 Å². The van der Waals surface area contributed by atoms with E-state index in [4.69, 9.17) is 0 Å². The SMILES string of the molecule is CC1CCNC1C(=O)Nc1cc(Br)ccc1O. The van der Waals surface area contributed by atoms with E-state index in [1.54, 1.807) is 18.2 Å². The van der Waals surface area contributed by atoms with Crippen LogP contribution in [0.25, 0.3) is 0 Å². The quantitative estimate of drug-likeness (QED) is 0.733. The number of amides is 1. The third-order valence-electron chi connectivity index (χ3n) is 3.03. The molecule has 4 nitrogen and oxygen atoms in total. The number of phenolic OH excluding ortho intramolecular Hbond substituents is 1. The molecule has 1 aliphatic rings. The van der Waals surface area contributed by atoms with Gasteiger partial charge in [0.25, 0.3) is 0 Å². The van der Waals surface area contributed by atoms with Crippen LogP contribution in [0.3, 0.4) is 0 Å². The van der Waals surface area contributed by atoms with Gasteiger partial charge >= 0.3 is 0 Å². The molecule has 0 bridgehead atoms. The van der Waals surface area contributed by atoms with Crippen molar-refractivity contribution in [3.05, 3.63) is 22.7 Å². The van der Waals surface area contributed by atoms with Crippen LogP contribution in [-0.2, 0) is 4.79 Å². The molecule has 0 aromatic heterocycles. The summed E-state index contributed by atoms with van der Waals surface area (Å²) in [5.41, 5.74) is 0.435. The molecular weight excluding hydrogens is 284 g/mol. The van der Waals surface area contributed by atoms with E-state index >= 15 is 0 Å². The third-order valence-corrected chi connectivity index (χ3v) is 3.53. The minimum atomic E-state index is -0.173. The number of aromatic hydroxyl groups is 1. The fourth-order valence-electron chi connectivity index (χ4n) is 2.00. The molecule has 0 saturated carbocycles. The van der Waals surface area contributed by atoms with E-state index in [0.717, 1.165) is 17.4 Å². The molecule has 1 aliphatic heterocycles. The van der Waals surface area contributed by atoms with E-state index < -0.39 is 0 Å². The van der Waals surface area contributed by atoms with Crippen LogP contribution < -0.4 is 10.6 Å². The van der Waals surface area contributed by atoms with Gasteiger partial charge in [-0.25, -0.2) is 0 Å². The molecule has 2 unspecified atom stereocenters. The molecule has 2 atom stereocenters. The number of phenols is 1. The van der Waals surface area contributed by atoms with Crippen LogP contribution in [0.5, 0.6) is 5.75 Å². The average Bonchev–Trinajstić information content (AvgIpc) is 2.70. The number of carbonyl (C=O) groups excluding carboxylic acids is 1. The summed E-state index contributed by atoms with van der Waals surface area (Å²) < 4.78 is 0.818. The van der Waals surface area contributed by atoms with Crippen molar-refractivity contribution in [1.29, 1.82) is 0 Å². The standard InChI is InChI=1S/C12H15BrN2O2/c1-7-4-5-14-11(7)12(17)15-9-6-8(13)2-3-10(9)16/h2-3,6-7,11,14,16H,4-5H2,1H3,(H,15,17). The van der Waals surface area contributed by atoms with Gasteiger partial charge in [-0.2, -0.15) is 0 Å². The van der Waals surface area contributed by atoms with Crippen molar-refractivity contribution in [2.75, 3.05) is 11.9 Å². The van der Waals surface area contributed by atoms with E-state index in [2.05, 4.69) is 26.6 Å². The largest absolute Gasteiger partial charge is 0.506 e. The van der Waals surface area contributed by atoms with Crippen molar-refractivity contribution < 1.29 is 9.90 Å². The lowest BCUT2D eigenvalue weighted by atomic mass is 10.0. The summed E-state index contributed by atoms with van der Waals surface area (Å²) in [6.07, 6.45) is 1.00. The molecule has 3 N–H and O–H groups in total. The number of hydrogen-bond donors (Lipinski definition) is 3. The topological polar surface area (TPSA) is 61.4 Å². The summed E-state index contributed by atoms with van der Waals surface area (Å²) in [4.78, 5) is 12.0. The molecule has 5 heteroatoms. The molecule has 1 aromatic carbocycles. The van der Waals surface area contributed by atoms with Gasteiger partial charge in [0.1, 0.15) is 5.75 Å². The smallest absolute Gasteiger partial charge is 0.241 e. The molecule has 1 heterocycles. The number of halogens is 1. The number of hydrogen-bond acceptors (Lipinski definition) is 3. The Balaban J connectivity index is 2.10. The van der Waals surface area contributed by atoms with Crippen molar-refractivity contribution in [3.63, 3.8) is 0 Å². The van der Waals surface area contributed by atoms with E-state index in [1.165, 1.54) is 0 Å². The van der Waals surface area contributed by atoms with E-state index in [1.807, 2.05) is 6.92 Å². The fraction of sp³-hybridized carbons (Fsp3) is 0.417. The normalized spacial score (nSPS) is 23.6. The van der Waals surface area contributed by atoms with E-state index in [0.29, 0.717) is 11.6 Å². The Morgan fingerprint density at radius 1 is 1.59 bits per heavy atom. The monoisotopic (exact) mass is 298 g/mol. The highest BCUT2D eigenvalue weighted by atomic mass is 79.9. The van der Waals surface area contributed by atoms with Gasteiger partial charge < -0.3 is 15.7 Å². The predicted molar refractivity (Wildman–Crippen MR) is 70.0 cm³/mol. The molecule has 1 amide bonds. The second-order valence-corrected chi connectivity index (χ2v) is 5.26. The maximum Gasteiger partial charge on any atom is 0.241 e. The van der Waals surface area contributed by atoms with Gasteiger partial charge in [0.15, 0.2) is 0 Å². The zero-order valence-electron chi connectivity index (χ0n) is 9.53. The van der Waals surface area contributed by atoms with Gasteiger partial charge in [0.2, 0.25) is 5.91 Å². The first-order valence-electron chi connectivity index (χ1n) is 5.60. The molecule has 0 spiro atoms. The molecule has 0 aliphatic carbocycles. The van der Waals surface area contributed by atoms with Crippen molar-refractivity contribution >= 4 is 27.5 Å². The summed E-state index contributed by atoms with van der Waals surface area (Å²) in [7, 11) is 0. The van der Waals surface area contributed by atoms with Crippen LogP contribution in [0.2, 0.25) is 0 Å². The fourth-order valence-corrected chi connectivity index (χ4v) is 2.37. The zero-order valence-corrected chi connectivity index (χ0v) is 11.1. The summed E-state index contributed by atoms with van der Waals surface area (Å²) in [5, 5.41) is 15.5. The van der Waals surface area contributed by atoms with Crippen LogP contribution >= 0.6 is 15.9 Å². The number of nitrogens with one attached hydrogen (secondary N) is 2. The number of anilines is 1. The Bertz CT molecular complexity index is 437. The van der Waals surface area contributed by atoms with Crippen molar-refractivity contribution in [2.24, 2.45) is 5.92 Å². The lowest BCUT2D eigenvalue weighted by molar-refractivity contribution is -0.118. The van der Waals surface area contributed by atoms with Gasteiger partial charge in [0, 0.05) is 4.47 Å².